The molecule has 0 amide bonds. The second-order valence-corrected chi connectivity index (χ2v) is 11.4. The number of hydrogen-bond acceptors (Lipinski definition) is 8. The lowest BCUT2D eigenvalue weighted by Gasteiger charge is -2.09. The van der Waals surface area contributed by atoms with Crippen LogP contribution in [-0.4, -0.2) is 60.3 Å². The Balaban J connectivity index is 0.000000250. The summed E-state index contributed by atoms with van der Waals surface area (Å²) in [6.45, 7) is 4.90. The predicted molar refractivity (Wildman–Crippen MR) is 166 cm³/mol. The molecule has 0 atom stereocenters. The first kappa shape index (κ1) is 33.3. The molecule has 16 heteroatoms. The van der Waals surface area contributed by atoms with E-state index in [1.165, 1.54) is 13.6 Å². The predicted octanol–water partition coefficient (Wildman–Crippen LogP) is 1.41. The molecule has 0 spiro atoms. The fourth-order valence-electron chi connectivity index (χ4n) is 3.90. The number of alkyl halides is 1. The van der Waals surface area contributed by atoms with Crippen molar-refractivity contribution < 1.29 is 10.2 Å². The number of halogens is 3. The first-order valence-corrected chi connectivity index (χ1v) is 15.3. The number of imidazole rings is 1. The Morgan fingerprint density at radius 2 is 1.38 bits per heavy atom. The van der Waals surface area contributed by atoms with Crippen LogP contribution in [0.25, 0.3) is 11.2 Å². The molecule has 0 saturated carbocycles. The zero-order chi connectivity index (χ0) is 29.4. The number of hydrogen-bond donors (Lipinski definition) is 2. The van der Waals surface area contributed by atoms with Gasteiger partial charge in [0.2, 0.25) is 0 Å². The van der Waals surface area contributed by atoms with Crippen molar-refractivity contribution in [2.45, 2.75) is 52.7 Å². The highest BCUT2D eigenvalue weighted by atomic mass is 127. The number of aliphatic hydroxyl groups excluding tert-OH is 2. The normalized spacial score (nSPS) is 12.0. The van der Waals surface area contributed by atoms with Crippen LogP contribution in [0.3, 0.4) is 0 Å². The summed E-state index contributed by atoms with van der Waals surface area (Å²) in [7, 11) is 3.17. The molecule has 4 heterocycles. The lowest BCUT2D eigenvalue weighted by molar-refractivity contribution is 0.277. The van der Waals surface area contributed by atoms with Crippen LogP contribution in [0.2, 0.25) is 0 Å². The maximum atomic E-state index is 12.4. The molecule has 3 aromatic rings. The second-order valence-electron chi connectivity index (χ2n) is 8.28. The van der Waals surface area contributed by atoms with Crippen molar-refractivity contribution in [2.75, 3.05) is 17.6 Å². The van der Waals surface area contributed by atoms with Gasteiger partial charge in [0, 0.05) is 53.4 Å². The Morgan fingerprint density at radius 3 is 1.90 bits per heavy atom. The maximum absolute atomic E-state index is 12.4. The number of aliphatic hydroxyl groups is 2. The van der Waals surface area contributed by atoms with Gasteiger partial charge in [0.1, 0.15) is 5.82 Å². The third-order valence-corrected chi connectivity index (χ3v) is 6.80. The summed E-state index contributed by atoms with van der Waals surface area (Å²) in [6.07, 6.45) is 1.17. The zero-order valence-corrected chi connectivity index (χ0v) is 27.5. The lowest BCUT2D eigenvalue weighted by Crippen LogP contribution is -2.40. The fourth-order valence-corrected chi connectivity index (χ4v) is 4.95. The molecule has 3 aromatic heterocycles. The summed E-state index contributed by atoms with van der Waals surface area (Å²) >= 11 is 8.81. The molecule has 0 bridgehead atoms. The molecule has 0 unspecified atom stereocenters. The minimum atomic E-state index is -0.417. The number of aryl methyl sites for hydroxylation is 2. The topological polar surface area (TPSA) is 159 Å². The molecule has 2 N–H and O–H groups in total. The van der Waals surface area contributed by atoms with Crippen molar-refractivity contribution in [3.05, 3.63) is 52.0 Å². The highest BCUT2D eigenvalue weighted by Crippen LogP contribution is 2.23. The molecule has 0 aliphatic carbocycles. The Morgan fingerprint density at radius 1 is 0.872 bits per heavy atom. The van der Waals surface area contributed by atoms with E-state index in [0.717, 1.165) is 9.13 Å². The van der Waals surface area contributed by atoms with Gasteiger partial charge in [-0.2, -0.15) is 0 Å². The summed E-state index contributed by atoms with van der Waals surface area (Å²) < 4.78 is 9.11. The van der Waals surface area contributed by atoms with E-state index in [-0.39, 0.29) is 37.4 Å². The van der Waals surface area contributed by atoms with Gasteiger partial charge in [-0.25, -0.2) is 19.6 Å². The molecular formula is C23H32Br2IN7O6. The van der Waals surface area contributed by atoms with E-state index in [9.17, 15) is 19.2 Å². The minimum Gasteiger partial charge on any atom is -0.396 e. The van der Waals surface area contributed by atoms with Crippen molar-refractivity contribution in [1.29, 1.82) is 0 Å². The molecule has 1 aliphatic heterocycles. The molecule has 0 fully saturated rings. The van der Waals surface area contributed by atoms with Crippen molar-refractivity contribution in [3.63, 3.8) is 0 Å². The van der Waals surface area contributed by atoms with Crippen LogP contribution in [0.1, 0.15) is 32.3 Å². The molecular weight excluding hydrogens is 757 g/mol. The van der Waals surface area contributed by atoms with Crippen molar-refractivity contribution in [2.24, 2.45) is 19.1 Å². The summed E-state index contributed by atoms with van der Waals surface area (Å²) in [5.74, 6) is 0.423. The number of aliphatic imine (C=N–C) groups is 1. The summed E-state index contributed by atoms with van der Waals surface area (Å²) in [6, 6.07) is 0. The monoisotopic (exact) mass is 787 g/mol. The van der Waals surface area contributed by atoms with Gasteiger partial charge in [0.05, 0.1) is 10.2 Å². The van der Waals surface area contributed by atoms with Crippen LogP contribution in [0, 0.1) is 0 Å². The number of rotatable bonds is 7. The number of aromatic nitrogens is 6. The molecule has 1 aliphatic rings. The van der Waals surface area contributed by atoms with Gasteiger partial charge in [-0.15, -0.1) is 0 Å². The van der Waals surface area contributed by atoms with E-state index >= 15 is 0 Å². The molecule has 0 radical (unpaired) electrons. The lowest BCUT2D eigenvalue weighted by atomic mass is 10.2. The smallest absolute Gasteiger partial charge is 0.332 e. The molecule has 216 valence electrons. The molecule has 39 heavy (non-hydrogen) atoms. The Labute approximate surface area is 254 Å². The molecule has 13 nitrogen and oxygen atoms in total. The Hall–Kier alpha value is -1.89. The number of nitrogens with zero attached hydrogens (tertiary/aromatic N) is 7. The molecule has 0 aromatic carbocycles. The van der Waals surface area contributed by atoms with Gasteiger partial charge in [-0.05, 0) is 56.1 Å². The van der Waals surface area contributed by atoms with E-state index in [1.807, 2.05) is 6.92 Å². The Bertz CT molecular complexity index is 1590. The van der Waals surface area contributed by atoms with E-state index in [1.54, 1.807) is 18.7 Å². The quantitative estimate of drug-likeness (QED) is 0.208. The van der Waals surface area contributed by atoms with Crippen LogP contribution in [0.4, 0.5) is 5.82 Å². The van der Waals surface area contributed by atoms with E-state index in [0.29, 0.717) is 57.7 Å². The van der Waals surface area contributed by atoms with E-state index in [4.69, 9.17) is 10.2 Å². The van der Waals surface area contributed by atoms with Gasteiger partial charge in [-0.1, -0.05) is 29.5 Å². The number of fused-ring (bicyclic) bond motifs is 2. The largest absolute Gasteiger partial charge is 0.396 e. The van der Waals surface area contributed by atoms with Crippen LogP contribution in [0.5, 0.6) is 0 Å². The Kier molecular flexibility index (Phi) is 13.0. The summed E-state index contributed by atoms with van der Waals surface area (Å²) in [4.78, 5) is 56.8. The first-order valence-electron chi connectivity index (χ1n) is 12.2. The van der Waals surface area contributed by atoms with Crippen molar-refractivity contribution in [1.82, 2.24) is 27.8 Å². The highest BCUT2D eigenvalue weighted by molar-refractivity contribution is 14.1. The van der Waals surface area contributed by atoms with Crippen LogP contribution in [0.15, 0.2) is 28.9 Å². The maximum Gasteiger partial charge on any atom is 0.332 e. The van der Waals surface area contributed by atoms with Gasteiger partial charge >= 0.3 is 11.4 Å². The average Bonchev–Trinajstić information content (AvgIpc) is 3.47. The fraction of sp³-hybridized carbons (Fsp3) is 0.565. The molecule has 0 saturated heterocycles. The van der Waals surface area contributed by atoms with Crippen LogP contribution < -0.4 is 22.5 Å². The summed E-state index contributed by atoms with van der Waals surface area (Å²) in [5, 5.41) is 17.6. The average molecular weight is 789 g/mol. The third kappa shape index (κ3) is 7.25. The van der Waals surface area contributed by atoms with E-state index < -0.39 is 11.4 Å². The van der Waals surface area contributed by atoms with Gasteiger partial charge in [-0.3, -0.25) is 27.9 Å². The highest BCUT2D eigenvalue weighted by Gasteiger charge is 2.22. The van der Waals surface area contributed by atoms with Crippen molar-refractivity contribution in [3.8, 4) is 0 Å². The van der Waals surface area contributed by atoms with Crippen LogP contribution in [-0.2, 0) is 40.2 Å². The van der Waals surface area contributed by atoms with Gasteiger partial charge < -0.3 is 14.8 Å². The zero-order valence-electron chi connectivity index (χ0n) is 22.2. The molecule has 4 rings (SSSR count). The second kappa shape index (κ2) is 15.2. The summed E-state index contributed by atoms with van der Waals surface area (Å²) in [5.41, 5.74) is -0.205. The first-order chi connectivity index (χ1) is 18.5. The van der Waals surface area contributed by atoms with Gasteiger partial charge in [0.25, 0.3) is 11.1 Å². The van der Waals surface area contributed by atoms with Crippen molar-refractivity contribution >= 4 is 76.1 Å². The SMILES string of the molecule is CCI.CCn1c(Br)nc2c1c(=O)n(CCCO)c(=O)n2C.Cn1c2c(c(=O)n(CCCO)c1=O)CC(Br)=N2. The van der Waals surface area contributed by atoms with E-state index in [2.05, 4.69) is 71.4 Å². The third-order valence-electron chi connectivity index (χ3n) is 5.74. The van der Waals surface area contributed by atoms with Gasteiger partial charge in [0.15, 0.2) is 15.9 Å². The standard InChI is InChI=1S/C11H15BrN4O3.C10H12BrN3O3.C2H5I/c1-3-15-7-8(13-10(15)12)14(2)11(19)16(9(7)18)5-4-6-17;1-13-8-6(5-7(11)12-8)9(16)14(10(13)17)3-2-4-15;1-2-3/h17H,3-6H2,1-2H3;15H,2-5H2,1H3;2H2,1H3. The minimum absolute atomic E-state index is 0.0487. The van der Waals surface area contributed by atoms with Crippen LogP contribution >= 0.6 is 54.5 Å².